The van der Waals surface area contributed by atoms with Crippen molar-refractivity contribution in [1.29, 1.82) is 0 Å². The van der Waals surface area contributed by atoms with E-state index in [1.165, 1.54) is 21.1 Å². The van der Waals surface area contributed by atoms with Crippen LogP contribution in [0.4, 0.5) is 5.69 Å². The zero-order chi connectivity index (χ0) is 13.4. The predicted molar refractivity (Wildman–Crippen MR) is 86.6 cm³/mol. The number of halogens is 1. The molecule has 0 spiro atoms. The summed E-state index contributed by atoms with van der Waals surface area (Å²) in [6, 6.07) is 8.63. The van der Waals surface area contributed by atoms with Gasteiger partial charge in [-0.25, -0.2) is 0 Å². The molecule has 1 aromatic heterocycles. The Balaban J connectivity index is 2.17. The van der Waals surface area contributed by atoms with Crippen molar-refractivity contribution in [2.45, 2.75) is 26.0 Å². The van der Waals surface area contributed by atoms with Crippen LogP contribution in [0.25, 0.3) is 10.9 Å². The van der Waals surface area contributed by atoms with Gasteiger partial charge in [-0.3, -0.25) is 4.98 Å². The molecule has 3 nitrogen and oxygen atoms in total. The number of benzene rings is 1. The lowest BCUT2D eigenvalue weighted by molar-refractivity contribution is 0.111. The van der Waals surface area contributed by atoms with E-state index in [0.717, 1.165) is 24.2 Å². The molecule has 1 saturated heterocycles. The van der Waals surface area contributed by atoms with Gasteiger partial charge < -0.3 is 9.64 Å². The van der Waals surface area contributed by atoms with Gasteiger partial charge in [0.15, 0.2) is 0 Å². The summed E-state index contributed by atoms with van der Waals surface area (Å²) in [6.07, 6.45) is 2.49. The van der Waals surface area contributed by atoms with Gasteiger partial charge in [0.25, 0.3) is 0 Å². The Morgan fingerprint density at radius 2 is 2.21 bits per heavy atom. The lowest BCUT2D eigenvalue weighted by atomic mass is 10.1. The second-order valence-electron chi connectivity index (χ2n) is 4.97. The highest BCUT2D eigenvalue weighted by Gasteiger charge is 2.26. The number of pyridine rings is 1. The van der Waals surface area contributed by atoms with Crippen LogP contribution in [0.1, 0.15) is 18.5 Å². The monoisotopic (exact) mass is 368 g/mol. The van der Waals surface area contributed by atoms with Gasteiger partial charge >= 0.3 is 0 Å². The molecule has 1 unspecified atom stereocenters. The molecule has 1 aliphatic rings. The van der Waals surface area contributed by atoms with Crippen molar-refractivity contribution in [3.8, 4) is 0 Å². The molecule has 0 amide bonds. The van der Waals surface area contributed by atoms with Crippen LogP contribution in [0, 0.1) is 10.5 Å². The number of methoxy groups -OCH3 is 1. The average molecular weight is 368 g/mol. The molecule has 2 heterocycles. The first-order valence-electron chi connectivity index (χ1n) is 6.55. The third kappa shape index (κ3) is 2.43. The lowest BCUT2D eigenvalue weighted by Gasteiger charge is -2.27. The zero-order valence-electron chi connectivity index (χ0n) is 11.2. The summed E-state index contributed by atoms with van der Waals surface area (Å²) in [5.41, 5.74) is 3.39. The summed E-state index contributed by atoms with van der Waals surface area (Å²) in [5, 5.41) is 1.22. The standard InChI is InChI=1S/C15H17IN2O/c1-10-8-14(18-7-3-4-15(18)19-2)12-6-5-11(16)9-13(12)17-10/h5-6,8-9,15H,3-4,7H2,1-2H3. The molecule has 0 radical (unpaired) electrons. The highest BCUT2D eigenvalue weighted by Crippen LogP contribution is 2.33. The number of aromatic nitrogens is 1. The van der Waals surface area contributed by atoms with Gasteiger partial charge in [0, 0.05) is 34.0 Å². The number of hydrogen-bond donors (Lipinski definition) is 0. The van der Waals surface area contributed by atoms with Crippen molar-refractivity contribution >= 4 is 39.2 Å². The normalized spacial score (nSPS) is 19.3. The second kappa shape index (κ2) is 5.25. The third-order valence-corrected chi connectivity index (χ3v) is 4.33. The van der Waals surface area contributed by atoms with E-state index in [9.17, 15) is 0 Å². The maximum absolute atomic E-state index is 5.59. The predicted octanol–water partition coefficient (Wildman–Crippen LogP) is 3.72. The minimum Gasteiger partial charge on any atom is -0.362 e. The molecular weight excluding hydrogens is 351 g/mol. The summed E-state index contributed by atoms with van der Waals surface area (Å²) >= 11 is 2.33. The molecule has 3 rings (SSSR count). The van der Waals surface area contributed by atoms with Crippen molar-refractivity contribution in [2.75, 3.05) is 18.6 Å². The van der Waals surface area contributed by atoms with E-state index in [2.05, 4.69) is 63.7 Å². The van der Waals surface area contributed by atoms with Crippen LogP contribution in [0.3, 0.4) is 0 Å². The van der Waals surface area contributed by atoms with E-state index in [1.807, 2.05) is 0 Å². The van der Waals surface area contributed by atoms with E-state index in [-0.39, 0.29) is 6.23 Å². The Morgan fingerprint density at radius 3 is 3.00 bits per heavy atom. The molecule has 1 aliphatic heterocycles. The summed E-state index contributed by atoms with van der Waals surface area (Å²) in [4.78, 5) is 7.01. The zero-order valence-corrected chi connectivity index (χ0v) is 13.3. The van der Waals surface area contributed by atoms with Gasteiger partial charge in [0.2, 0.25) is 0 Å². The topological polar surface area (TPSA) is 25.4 Å². The van der Waals surface area contributed by atoms with Crippen molar-refractivity contribution in [3.05, 3.63) is 33.5 Å². The summed E-state index contributed by atoms with van der Waals surface area (Å²) in [6.45, 7) is 3.11. The molecule has 0 N–H and O–H groups in total. The van der Waals surface area contributed by atoms with Crippen LogP contribution in [-0.4, -0.2) is 24.9 Å². The molecule has 0 saturated carbocycles. The summed E-state index contributed by atoms with van der Waals surface area (Å²) < 4.78 is 6.82. The van der Waals surface area contributed by atoms with Crippen molar-refractivity contribution in [1.82, 2.24) is 4.98 Å². The number of rotatable bonds is 2. The quantitative estimate of drug-likeness (QED) is 0.756. The maximum Gasteiger partial charge on any atom is 0.129 e. The Bertz CT molecular complexity index is 609. The number of ether oxygens (including phenoxy) is 1. The SMILES string of the molecule is COC1CCCN1c1cc(C)nc2cc(I)ccc12. The van der Waals surface area contributed by atoms with Gasteiger partial charge in [0.05, 0.1) is 5.52 Å². The number of hydrogen-bond acceptors (Lipinski definition) is 3. The molecule has 1 fully saturated rings. The first-order chi connectivity index (χ1) is 9.19. The van der Waals surface area contributed by atoms with Crippen molar-refractivity contribution in [3.63, 3.8) is 0 Å². The third-order valence-electron chi connectivity index (χ3n) is 3.66. The molecule has 4 heteroatoms. The largest absolute Gasteiger partial charge is 0.362 e. The van der Waals surface area contributed by atoms with E-state index < -0.39 is 0 Å². The van der Waals surface area contributed by atoms with Crippen LogP contribution in [0.5, 0.6) is 0 Å². The summed E-state index contributed by atoms with van der Waals surface area (Å²) in [5.74, 6) is 0. The van der Waals surface area contributed by atoms with E-state index in [1.54, 1.807) is 7.11 Å². The van der Waals surface area contributed by atoms with Gasteiger partial charge in [0.1, 0.15) is 6.23 Å². The average Bonchev–Trinajstić information content (AvgIpc) is 2.85. The molecule has 0 aliphatic carbocycles. The van der Waals surface area contributed by atoms with Crippen molar-refractivity contribution in [2.24, 2.45) is 0 Å². The molecule has 1 atom stereocenters. The molecule has 0 bridgehead atoms. The van der Waals surface area contributed by atoms with E-state index in [4.69, 9.17) is 4.74 Å². The smallest absolute Gasteiger partial charge is 0.129 e. The molecule has 19 heavy (non-hydrogen) atoms. The van der Waals surface area contributed by atoms with Crippen LogP contribution in [0.2, 0.25) is 0 Å². The Kier molecular flexibility index (Phi) is 3.62. The molecule has 100 valence electrons. The minimum absolute atomic E-state index is 0.198. The van der Waals surface area contributed by atoms with Crippen LogP contribution < -0.4 is 4.90 Å². The van der Waals surface area contributed by atoms with Gasteiger partial charge in [-0.15, -0.1) is 0 Å². The van der Waals surface area contributed by atoms with Crippen LogP contribution in [0.15, 0.2) is 24.3 Å². The minimum atomic E-state index is 0.198. The van der Waals surface area contributed by atoms with Gasteiger partial charge in [-0.05, 0) is 66.6 Å². The molecular formula is C15H17IN2O. The Labute approximate surface area is 127 Å². The van der Waals surface area contributed by atoms with Gasteiger partial charge in [-0.2, -0.15) is 0 Å². The number of anilines is 1. The Hall–Kier alpha value is -0.880. The number of nitrogens with zero attached hydrogens (tertiary/aromatic N) is 2. The van der Waals surface area contributed by atoms with Gasteiger partial charge in [-0.1, -0.05) is 0 Å². The van der Waals surface area contributed by atoms with Crippen molar-refractivity contribution < 1.29 is 4.74 Å². The first-order valence-corrected chi connectivity index (χ1v) is 7.63. The number of aryl methyl sites for hydroxylation is 1. The highest BCUT2D eigenvalue weighted by molar-refractivity contribution is 14.1. The lowest BCUT2D eigenvalue weighted by Crippen LogP contribution is -2.30. The van der Waals surface area contributed by atoms with E-state index >= 15 is 0 Å². The second-order valence-corrected chi connectivity index (χ2v) is 6.22. The fourth-order valence-corrected chi connectivity index (χ4v) is 3.28. The van der Waals surface area contributed by atoms with Crippen LogP contribution in [-0.2, 0) is 4.74 Å². The Morgan fingerprint density at radius 1 is 1.37 bits per heavy atom. The fourth-order valence-electron chi connectivity index (χ4n) is 2.81. The molecule has 1 aromatic carbocycles. The molecule has 2 aromatic rings. The maximum atomic E-state index is 5.59. The number of fused-ring (bicyclic) bond motifs is 1. The fraction of sp³-hybridized carbons (Fsp3) is 0.400. The summed E-state index contributed by atoms with van der Waals surface area (Å²) in [7, 11) is 1.79. The first kappa shape index (κ1) is 13.1. The van der Waals surface area contributed by atoms with Crippen LogP contribution >= 0.6 is 22.6 Å². The van der Waals surface area contributed by atoms with E-state index in [0.29, 0.717) is 0 Å². The highest BCUT2D eigenvalue weighted by atomic mass is 127.